The van der Waals surface area contributed by atoms with E-state index in [1.54, 1.807) is 12.1 Å². The van der Waals surface area contributed by atoms with Gasteiger partial charge in [-0.25, -0.2) is 8.42 Å². The van der Waals surface area contributed by atoms with E-state index < -0.39 is 10.0 Å². The number of benzene rings is 1. The summed E-state index contributed by atoms with van der Waals surface area (Å²) < 4.78 is 34.9. The number of hydrogen-bond donors (Lipinski definition) is 2. The monoisotopic (exact) mass is 525 g/mol. The lowest BCUT2D eigenvalue weighted by Gasteiger charge is -2.20. The van der Waals surface area contributed by atoms with Crippen LogP contribution in [0.5, 0.6) is 5.75 Å². The van der Waals surface area contributed by atoms with Gasteiger partial charge in [0.05, 0.1) is 23.6 Å². The van der Waals surface area contributed by atoms with Gasteiger partial charge in [0, 0.05) is 16.7 Å². The van der Waals surface area contributed by atoms with Crippen molar-refractivity contribution in [3.8, 4) is 5.75 Å². The Morgan fingerprint density at radius 3 is 2.59 bits per heavy atom. The van der Waals surface area contributed by atoms with E-state index in [1.165, 1.54) is 24.8 Å². The predicted octanol–water partition coefficient (Wildman–Crippen LogP) is 3.94. The van der Waals surface area contributed by atoms with Crippen LogP contribution in [0, 0.1) is 3.57 Å². The van der Waals surface area contributed by atoms with Crippen LogP contribution in [0.4, 0.5) is 17.2 Å². The molecule has 1 aromatic carbocycles. The summed E-state index contributed by atoms with van der Waals surface area (Å²) in [4.78, 5) is 12.3. The van der Waals surface area contributed by atoms with Crippen molar-refractivity contribution in [2.24, 2.45) is 7.05 Å². The van der Waals surface area contributed by atoms with Crippen molar-refractivity contribution in [1.29, 1.82) is 0 Å². The number of methoxy groups -OCH3 is 1. The molecule has 0 aliphatic carbocycles. The van der Waals surface area contributed by atoms with Gasteiger partial charge in [0.1, 0.15) is 11.5 Å². The van der Waals surface area contributed by atoms with Crippen LogP contribution in [0.1, 0.15) is 19.8 Å². The third-order valence-corrected chi connectivity index (χ3v) is 6.16. The standard InChI is InChI=1S/C17H21ClIN3O4S/c1-4-5-8-27(24,25)21-16-14(26-3)10-15(23)22(2)17(16)20-13-7-6-11(19)9-12(13)18/h6-7,9-10,20-21H,4-5,8H2,1-3H3. The summed E-state index contributed by atoms with van der Waals surface area (Å²) in [5.41, 5.74) is 0.340. The molecule has 27 heavy (non-hydrogen) atoms. The van der Waals surface area contributed by atoms with Crippen molar-refractivity contribution in [2.45, 2.75) is 19.8 Å². The number of unbranched alkanes of at least 4 members (excludes halogenated alkanes) is 1. The van der Waals surface area contributed by atoms with Crippen molar-refractivity contribution in [3.63, 3.8) is 0 Å². The van der Waals surface area contributed by atoms with Crippen LogP contribution in [0.25, 0.3) is 0 Å². The van der Waals surface area contributed by atoms with Crippen LogP contribution in [-0.2, 0) is 17.1 Å². The molecule has 0 atom stereocenters. The quantitative estimate of drug-likeness (QED) is 0.510. The van der Waals surface area contributed by atoms with E-state index in [9.17, 15) is 13.2 Å². The first-order chi connectivity index (χ1) is 12.7. The molecule has 0 saturated carbocycles. The Labute approximate surface area is 177 Å². The first-order valence-electron chi connectivity index (χ1n) is 8.19. The lowest BCUT2D eigenvalue weighted by molar-refractivity contribution is 0.415. The number of hydrogen-bond acceptors (Lipinski definition) is 5. The van der Waals surface area contributed by atoms with Crippen LogP contribution in [0.2, 0.25) is 5.02 Å². The molecule has 1 aromatic heterocycles. The van der Waals surface area contributed by atoms with Gasteiger partial charge in [-0.2, -0.15) is 0 Å². The molecule has 0 saturated heterocycles. The Bertz CT molecular complexity index is 992. The van der Waals surface area contributed by atoms with E-state index in [0.717, 1.165) is 9.99 Å². The highest BCUT2D eigenvalue weighted by Gasteiger charge is 2.21. The third-order valence-electron chi connectivity index (χ3n) is 3.83. The molecule has 0 bridgehead atoms. The molecule has 1 heterocycles. The van der Waals surface area contributed by atoms with Gasteiger partial charge in [0.15, 0.2) is 5.75 Å². The molecular weight excluding hydrogens is 505 g/mol. The molecule has 0 amide bonds. The summed E-state index contributed by atoms with van der Waals surface area (Å²) in [5, 5.41) is 3.49. The zero-order valence-electron chi connectivity index (χ0n) is 15.2. The number of ether oxygens (including phenoxy) is 1. The average molecular weight is 526 g/mol. The summed E-state index contributed by atoms with van der Waals surface area (Å²) in [5.74, 6) is 0.337. The van der Waals surface area contributed by atoms with Gasteiger partial charge in [-0.3, -0.25) is 14.1 Å². The van der Waals surface area contributed by atoms with Crippen molar-refractivity contribution in [3.05, 3.63) is 43.2 Å². The number of nitrogens with one attached hydrogen (secondary N) is 2. The maximum absolute atomic E-state index is 12.4. The molecule has 0 radical (unpaired) electrons. The van der Waals surface area contributed by atoms with Gasteiger partial charge in [0.2, 0.25) is 10.0 Å². The largest absolute Gasteiger partial charge is 0.494 e. The number of anilines is 3. The normalized spacial score (nSPS) is 11.3. The molecule has 0 unspecified atom stereocenters. The molecule has 0 spiro atoms. The van der Waals surface area contributed by atoms with E-state index in [0.29, 0.717) is 17.1 Å². The summed E-state index contributed by atoms with van der Waals surface area (Å²) in [6.07, 6.45) is 1.27. The second-order valence-electron chi connectivity index (χ2n) is 5.86. The molecule has 7 nitrogen and oxygen atoms in total. The fourth-order valence-corrected chi connectivity index (χ4v) is 4.52. The maximum atomic E-state index is 12.4. The van der Waals surface area contributed by atoms with E-state index in [4.69, 9.17) is 16.3 Å². The zero-order chi connectivity index (χ0) is 20.2. The van der Waals surface area contributed by atoms with E-state index in [2.05, 4.69) is 32.6 Å². The Morgan fingerprint density at radius 2 is 2.00 bits per heavy atom. The second kappa shape index (κ2) is 9.16. The van der Waals surface area contributed by atoms with Crippen LogP contribution < -0.4 is 20.3 Å². The van der Waals surface area contributed by atoms with Crippen LogP contribution in [0.15, 0.2) is 29.1 Å². The van der Waals surface area contributed by atoms with E-state index >= 15 is 0 Å². The Morgan fingerprint density at radius 1 is 1.30 bits per heavy atom. The lowest BCUT2D eigenvalue weighted by Crippen LogP contribution is -2.24. The highest BCUT2D eigenvalue weighted by molar-refractivity contribution is 14.1. The van der Waals surface area contributed by atoms with Gasteiger partial charge in [0.25, 0.3) is 5.56 Å². The van der Waals surface area contributed by atoms with Gasteiger partial charge in [-0.05, 0) is 47.2 Å². The van der Waals surface area contributed by atoms with E-state index in [1.807, 2.05) is 13.0 Å². The average Bonchev–Trinajstić information content (AvgIpc) is 2.61. The molecule has 2 aromatic rings. The number of halogens is 2. The number of pyridine rings is 1. The van der Waals surface area contributed by atoms with Crippen LogP contribution in [-0.4, -0.2) is 25.8 Å². The lowest BCUT2D eigenvalue weighted by atomic mass is 10.3. The molecule has 10 heteroatoms. The Kier molecular flexibility index (Phi) is 7.40. The van der Waals surface area contributed by atoms with E-state index in [-0.39, 0.29) is 28.6 Å². The molecule has 148 valence electrons. The van der Waals surface area contributed by atoms with Crippen molar-refractivity contribution < 1.29 is 13.2 Å². The number of rotatable bonds is 8. The van der Waals surface area contributed by atoms with Crippen molar-refractivity contribution in [2.75, 3.05) is 22.9 Å². The first-order valence-corrected chi connectivity index (χ1v) is 11.3. The fourth-order valence-electron chi connectivity index (χ4n) is 2.34. The molecule has 2 N–H and O–H groups in total. The molecule has 0 aliphatic rings. The topological polar surface area (TPSA) is 89.4 Å². The van der Waals surface area contributed by atoms with Crippen molar-refractivity contribution >= 4 is 61.4 Å². The summed E-state index contributed by atoms with van der Waals surface area (Å²) in [7, 11) is -0.699. The smallest absolute Gasteiger partial charge is 0.255 e. The Hall–Kier alpha value is -1.46. The maximum Gasteiger partial charge on any atom is 0.255 e. The van der Waals surface area contributed by atoms with Gasteiger partial charge < -0.3 is 10.1 Å². The molecule has 0 fully saturated rings. The summed E-state index contributed by atoms with van der Waals surface area (Å²) in [6, 6.07) is 6.59. The third kappa shape index (κ3) is 5.52. The number of aromatic nitrogens is 1. The number of sulfonamides is 1. The second-order valence-corrected chi connectivity index (χ2v) is 9.35. The molecule has 2 rings (SSSR count). The van der Waals surface area contributed by atoms with Gasteiger partial charge >= 0.3 is 0 Å². The Balaban J connectivity index is 2.57. The minimum Gasteiger partial charge on any atom is -0.494 e. The number of nitrogens with zero attached hydrogens (tertiary/aromatic N) is 1. The van der Waals surface area contributed by atoms with Crippen molar-refractivity contribution in [1.82, 2.24) is 4.57 Å². The minimum atomic E-state index is -3.61. The molecular formula is C17H21ClIN3O4S. The molecule has 0 aliphatic heterocycles. The highest BCUT2D eigenvalue weighted by atomic mass is 127. The highest BCUT2D eigenvalue weighted by Crippen LogP contribution is 2.35. The SMILES string of the molecule is CCCCS(=O)(=O)Nc1c(OC)cc(=O)n(C)c1Nc1ccc(I)cc1Cl. The van der Waals surface area contributed by atoms with Crippen LogP contribution >= 0.6 is 34.2 Å². The van der Waals surface area contributed by atoms with Gasteiger partial charge in [-0.15, -0.1) is 0 Å². The summed E-state index contributed by atoms with van der Waals surface area (Å²) >= 11 is 8.41. The van der Waals surface area contributed by atoms with Gasteiger partial charge in [-0.1, -0.05) is 24.9 Å². The predicted molar refractivity (Wildman–Crippen MR) is 118 cm³/mol. The minimum absolute atomic E-state index is 0.0285. The summed E-state index contributed by atoms with van der Waals surface area (Å²) in [6.45, 7) is 1.91. The van der Waals surface area contributed by atoms with Crippen LogP contribution in [0.3, 0.4) is 0 Å². The zero-order valence-corrected chi connectivity index (χ0v) is 18.9. The first kappa shape index (κ1) is 21.8. The fraction of sp³-hybridized carbons (Fsp3) is 0.353.